The van der Waals surface area contributed by atoms with Gasteiger partial charge in [0.25, 0.3) is 5.91 Å². The number of benzene rings is 2. The molecule has 4 nitrogen and oxygen atoms in total. The van der Waals surface area contributed by atoms with Gasteiger partial charge in [-0.05, 0) is 58.0 Å². The first-order valence-corrected chi connectivity index (χ1v) is 8.69. The van der Waals surface area contributed by atoms with Crippen LogP contribution in [0.15, 0.2) is 48.5 Å². The van der Waals surface area contributed by atoms with Crippen molar-refractivity contribution in [2.75, 3.05) is 0 Å². The zero-order chi connectivity index (χ0) is 18.0. The molecule has 0 saturated carbocycles. The van der Waals surface area contributed by atoms with E-state index in [1.54, 1.807) is 12.1 Å². The molecule has 1 unspecified atom stereocenters. The lowest BCUT2D eigenvalue weighted by Gasteiger charge is -2.37. The molecule has 0 saturated heterocycles. The minimum absolute atomic E-state index is 0.0703. The number of carbonyl (C=O) groups is 1. The molecule has 4 heteroatoms. The Morgan fingerprint density at radius 3 is 2.52 bits per heavy atom. The predicted octanol–water partition coefficient (Wildman–Crippen LogP) is 4.51. The second-order valence-corrected chi connectivity index (χ2v) is 7.32. The van der Waals surface area contributed by atoms with Crippen molar-refractivity contribution >= 4 is 5.91 Å². The van der Waals surface area contributed by atoms with Crippen LogP contribution in [0.2, 0.25) is 0 Å². The van der Waals surface area contributed by atoms with Crippen LogP contribution in [0.5, 0.6) is 11.5 Å². The van der Waals surface area contributed by atoms with Gasteiger partial charge in [0.15, 0.2) is 0 Å². The molecule has 25 heavy (non-hydrogen) atoms. The van der Waals surface area contributed by atoms with Gasteiger partial charge in [0.05, 0.1) is 12.1 Å². The topological polar surface area (TPSA) is 47.6 Å². The second kappa shape index (κ2) is 6.79. The summed E-state index contributed by atoms with van der Waals surface area (Å²) in [5, 5.41) is 3.15. The zero-order valence-corrected chi connectivity index (χ0v) is 15.2. The smallest absolute Gasteiger partial charge is 0.251 e. The fourth-order valence-corrected chi connectivity index (χ4v) is 3.13. The predicted molar refractivity (Wildman–Crippen MR) is 98.2 cm³/mol. The number of amides is 1. The van der Waals surface area contributed by atoms with Crippen LogP contribution < -0.4 is 14.8 Å². The number of rotatable bonds is 4. The van der Waals surface area contributed by atoms with Gasteiger partial charge in [-0.25, -0.2) is 0 Å². The van der Waals surface area contributed by atoms with Gasteiger partial charge in [0.1, 0.15) is 17.1 Å². The number of para-hydroxylation sites is 1. The van der Waals surface area contributed by atoms with Crippen LogP contribution in [0.1, 0.15) is 56.1 Å². The molecule has 1 N–H and O–H groups in total. The zero-order valence-electron chi connectivity index (χ0n) is 15.2. The lowest BCUT2D eigenvalue weighted by Crippen LogP contribution is -2.41. The molecule has 0 spiro atoms. The highest BCUT2D eigenvalue weighted by Gasteiger charge is 2.34. The Kier molecular flexibility index (Phi) is 4.71. The highest BCUT2D eigenvalue weighted by Crippen LogP contribution is 2.39. The van der Waals surface area contributed by atoms with E-state index in [0.717, 1.165) is 23.5 Å². The van der Waals surface area contributed by atoms with Crippen LogP contribution in [0, 0.1) is 0 Å². The van der Waals surface area contributed by atoms with Crippen LogP contribution in [0.4, 0.5) is 0 Å². The van der Waals surface area contributed by atoms with Gasteiger partial charge < -0.3 is 14.8 Å². The van der Waals surface area contributed by atoms with E-state index in [1.807, 2.05) is 64.1 Å². The average molecular weight is 339 g/mol. The largest absolute Gasteiger partial charge is 0.491 e. The van der Waals surface area contributed by atoms with Crippen LogP contribution in [0.25, 0.3) is 0 Å². The monoisotopic (exact) mass is 339 g/mol. The van der Waals surface area contributed by atoms with E-state index in [2.05, 4.69) is 5.32 Å². The first kappa shape index (κ1) is 17.3. The minimum Gasteiger partial charge on any atom is -0.491 e. The van der Waals surface area contributed by atoms with E-state index >= 15 is 0 Å². The molecule has 0 aromatic heterocycles. The van der Waals surface area contributed by atoms with E-state index in [0.29, 0.717) is 5.56 Å². The fraction of sp³-hybridized carbons (Fsp3) is 0.381. The first-order chi connectivity index (χ1) is 11.8. The molecular formula is C21H25NO3. The van der Waals surface area contributed by atoms with Gasteiger partial charge in [-0.15, -0.1) is 0 Å². The standard InChI is InChI=1S/C21H25NO3/c1-14(2)24-16-11-9-15(10-12-16)20(23)22-18-13-21(3,4)25-19-8-6-5-7-17(18)19/h5-12,14,18H,13H2,1-4H3,(H,22,23). The lowest BCUT2D eigenvalue weighted by molar-refractivity contribution is 0.0620. The van der Waals surface area contributed by atoms with Gasteiger partial charge in [-0.1, -0.05) is 18.2 Å². The first-order valence-electron chi connectivity index (χ1n) is 8.69. The Labute approximate surface area is 149 Å². The molecule has 0 bridgehead atoms. The summed E-state index contributed by atoms with van der Waals surface area (Å²) in [4.78, 5) is 12.7. The molecular weight excluding hydrogens is 314 g/mol. The second-order valence-electron chi connectivity index (χ2n) is 7.32. The van der Waals surface area contributed by atoms with Crippen molar-refractivity contribution in [3.05, 3.63) is 59.7 Å². The number of nitrogens with one attached hydrogen (secondary N) is 1. The van der Waals surface area contributed by atoms with Crippen molar-refractivity contribution in [1.29, 1.82) is 0 Å². The summed E-state index contributed by atoms with van der Waals surface area (Å²) in [7, 11) is 0. The Morgan fingerprint density at radius 2 is 1.84 bits per heavy atom. The third-order valence-electron chi connectivity index (χ3n) is 4.17. The number of carbonyl (C=O) groups excluding carboxylic acids is 1. The Morgan fingerprint density at radius 1 is 1.16 bits per heavy atom. The molecule has 2 aromatic rings. The normalized spacial score (nSPS) is 18.2. The lowest BCUT2D eigenvalue weighted by atomic mass is 9.89. The van der Waals surface area contributed by atoms with Crippen molar-refractivity contribution in [3.63, 3.8) is 0 Å². The molecule has 1 aliphatic heterocycles. The fourth-order valence-electron chi connectivity index (χ4n) is 3.13. The molecule has 0 radical (unpaired) electrons. The average Bonchev–Trinajstić information content (AvgIpc) is 2.54. The molecule has 1 amide bonds. The van der Waals surface area contributed by atoms with Gasteiger partial charge in [-0.2, -0.15) is 0 Å². The van der Waals surface area contributed by atoms with E-state index in [9.17, 15) is 4.79 Å². The third-order valence-corrected chi connectivity index (χ3v) is 4.17. The maximum atomic E-state index is 12.7. The van der Waals surface area contributed by atoms with Crippen LogP contribution >= 0.6 is 0 Å². The van der Waals surface area contributed by atoms with Gasteiger partial charge in [0.2, 0.25) is 0 Å². The van der Waals surface area contributed by atoms with Gasteiger partial charge in [-0.3, -0.25) is 4.79 Å². The Bertz CT molecular complexity index is 750. The minimum atomic E-state index is -0.318. The van der Waals surface area contributed by atoms with Crippen LogP contribution in [-0.4, -0.2) is 17.6 Å². The number of fused-ring (bicyclic) bond motifs is 1. The SMILES string of the molecule is CC(C)Oc1ccc(C(=O)NC2CC(C)(C)Oc3ccccc32)cc1. The molecule has 1 heterocycles. The van der Waals surface area contributed by atoms with Gasteiger partial charge in [0, 0.05) is 17.5 Å². The summed E-state index contributed by atoms with van der Waals surface area (Å²) in [6.45, 7) is 8.04. The molecule has 1 aliphatic rings. The number of hydrogen-bond acceptors (Lipinski definition) is 3. The molecule has 132 valence electrons. The van der Waals surface area contributed by atoms with E-state index in [4.69, 9.17) is 9.47 Å². The Balaban J connectivity index is 1.76. The summed E-state index contributed by atoms with van der Waals surface area (Å²) in [5.41, 5.74) is 1.33. The number of ether oxygens (including phenoxy) is 2. The molecule has 0 fully saturated rings. The van der Waals surface area contributed by atoms with Crippen molar-refractivity contribution in [3.8, 4) is 11.5 Å². The van der Waals surface area contributed by atoms with Crippen LogP contribution in [-0.2, 0) is 0 Å². The van der Waals surface area contributed by atoms with Crippen molar-refractivity contribution in [2.45, 2.75) is 51.9 Å². The summed E-state index contributed by atoms with van der Waals surface area (Å²) < 4.78 is 11.6. The quantitative estimate of drug-likeness (QED) is 0.892. The summed E-state index contributed by atoms with van der Waals surface area (Å²) >= 11 is 0. The molecule has 2 aromatic carbocycles. The van der Waals surface area contributed by atoms with Crippen LogP contribution in [0.3, 0.4) is 0 Å². The molecule has 3 rings (SSSR count). The maximum Gasteiger partial charge on any atom is 0.251 e. The van der Waals surface area contributed by atoms with E-state index in [1.165, 1.54) is 0 Å². The highest BCUT2D eigenvalue weighted by atomic mass is 16.5. The molecule has 1 atom stereocenters. The summed E-state index contributed by atoms with van der Waals surface area (Å²) in [5.74, 6) is 1.52. The molecule has 0 aliphatic carbocycles. The van der Waals surface area contributed by atoms with E-state index < -0.39 is 0 Å². The summed E-state index contributed by atoms with van der Waals surface area (Å²) in [6, 6.07) is 15.1. The number of hydrogen-bond donors (Lipinski definition) is 1. The maximum absolute atomic E-state index is 12.7. The summed E-state index contributed by atoms with van der Waals surface area (Å²) in [6.07, 6.45) is 0.838. The van der Waals surface area contributed by atoms with Gasteiger partial charge >= 0.3 is 0 Å². The third kappa shape index (κ3) is 4.13. The van der Waals surface area contributed by atoms with Crippen molar-refractivity contribution in [1.82, 2.24) is 5.32 Å². The van der Waals surface area contributed by atoms with E-state index in [-0.39, 0.29) is 23.7 Å². The van der Waals surface area contributed by atoms with Crippen molar-refractivity contribution < 1.29 is 14.3 Å². The highest BCUT2D eigenvalue weighted by molar-refractivity contribution is 5.94. The van der Waals surface area contributed by atoms with Crippen molar-refractivity contribution in [2.24, 2.45) is 0 Å². The Hall–Kier alpha value is -2.49.